The summed E-state index contributed by atoms with van der Waals surface area (Å²) in [6.45, 7) is 2.90. The third kappa shape index (κ3) is 2.68. The number of aliphatic hydroxyl groups excluding tert-OH is 2. The fourth-order valence-corrected chi connectivity index (χ4v) is 2.18. The molecule has 0 aliphatic heterocycles. The molecule has 2 rings (SSSR count). The lowest BCUT2D eigenvalue weighted by Crippen LogP contribution is -2.27. The van der Waals surface area contributed by atoms with Crippen molar-refractivity contribution in [3.05, 3.63) is 40.2 Å². The van der Waals surface area contributed by atoms with Gasteiger partial charge in [-0.1, -0.05) is 12.1 Å². The van der Waals surface area contributed by atoms with Crippen LogP contribution >= 0.6 is 0 Å². The molecule has 0 aliphatic carbocycles. The van der Waals surface area contributed by atoms with Crippen molar-refractivity contribution in [1.29, 1.82) is 0 Å². The van der Waals surface area contributed by atoms with E-state index in [2.05, 4.69) is 4.99 Å². The molecule has 2 atom stereocenters. The average molecular weight is 290 g/mol. The van der Waals surface area contributed by atoms with Crippen molar-refractivity contribution in [2.45, 2.75) is 26.2 Å². The Balaban J connectivity index is 2.73. The molecule has 2 aromatic rings. The highest BCUT2D eigenvalue weighted by Gasteiger charge is 2.18. The zero-order valence-corrected chi connectivity index (χ0v) is 12.1. The van der Waals surface area contributed by atoms with E-state index in [1.54, 1.807) is 31.3 Å². The van der Waals surface area contributed by atoms with Gasteiger partial charge in [-0.3, -0.25) is 9.79 Å². The van der Waals surface area contributed by atoms with Crippen LogP contribution in [0.3, 0.4) is 0 Å². The first-order valence-corrected chi connectivity index (χ1v) is 6.56. The Labute approximate surface area is 121 Å². The maximum atomic E-state index is 12.4. The summed E-state index contributed by atoms with van der Waals surface area (Å²) < 4.78 is 1.41. The van der Waals surface area contributed by atoms with Gasteiger partial charge in [-0.2, -0.15) is 0 Å². The van der Waals surface area contributed by atoms with E-state index in [9.17, 15) is 20.1 Å². The van der Waals surface area contributed by atoms with E-state index in [-0.39, 0.29) is 17.0 Å². The number of aliphatic hydroxyl groups is 2. The Morgan fingerprint density at radius 1 is 1.29 bits per heavy atom. The van der Waals surface area contributed by atoms with Crippen LogP contribution < -0.4 is 5.56 Å². The highest BCUT2D eigenvalue weighted by Crippen LogP contribution is 2.26. The van der Waals surface area contributed by atoms with Gasteiger partial charge in [0.15, 0.2) is 6.23 Å². The standard InChI is InChI=1S/C15H18N2O4/c1-8(16-14(20)9(2)18)12-13(19)10-6-4-5-7-11(10)17(3)15(12)21/h4-7,9,14,18-20H,1-3H3/t9-,14+/m0/s1. The van der Waals surface area contributed by atoms with Gasteiger partial charge in [-0.15, -0.1) is 0 Å². The Morgan fingerprint density at radius 2 is 1.90 bits per heavy atom. The summed E-state index contributed by atoms with van der Waals surface area (Å²) in [4.78, 5) is 16.2. The molecule has 0 aliphatic rings. The number of benzene rings is 1. The van der Waals surface area contributed by atoms with Gasteiger partial charge in [0.1, 0.15) is 11.3 Å². The van der Waals surface area contributed by atoms with Crippen molar-refractivity contribution in [1.82, 2.24) is 4.57 Å². The maximum absolute atomic E-state index is 12.4. The van der Waals surface area contributed by atoms with E-state index < -0.39 is 17.9 Å². The number of aliphatic imine (C=N–C) groups is 1. The Hall–Kier alpha value is -2.18. The van der Waals surface area contributed by atoms with Crippen LogP contribution in [0.2, 0.25) is 0 Å². The second kappa shape index (κ2) is 5.67. The van der Waals surface area contributed by atoms with E-state index in [4.69, 9.17) is 0 Å². The van der Waals surface area contributed by atoms with Gasteiger partial charge in [0.25, 0.3) is 5.56 Å². The molecule has 0 spiro atoms. The van der Waals surface area contributed by atoms with Crippen molar-refractivity contribution in [2.75, 3.05) is 0 Å². The number of para-hydroxylation sites is 1. The van der Waals surface area contributed by atoms with Crippen LogP contribution in [0.4, 0.5) is 0 Å². The van der Waals surface area contributed by atoms with Crippen LogP contribution in [0.15, 0.2) is 34.1 Å². The van der Waals surface area contributed by atoms with Gasteiger partial charge >= 0.3 is 0 Å². The fraction of sp³-hybridized carbons (Fsp3) is 0.333. The lowest BCUT2D eigenvalue weighted by molar-refractivity contribution is 0.0376. The second-order valence-electron chi connectivity index (χ2n) is 4.97. The molecule has 6 heteroatoms. The maximum Gasteiger partial charge on any atom is 0.263 e. The van der Waals surface area contributed by atoms with E-state index >= 15 is 0 Å². The van der Waals surface area contributed by atoms with Crippen LogP contribution in [0.5, 0.6) is 5.75 Å². The number of pyridine rings is 1. The van der Waals surface area contributed by atoms with E-state index in [1.807, 2.05) is 0 Å². The minimum absolute atomic E-state index is 0.0240. The molecule has 6 nitrogen and oxygen atoms in total. The van der Waals surface area contributed by atoms with E-state index in [0.29, 0.717) is 10.9 Å². The zero-order valence-electron chi connectivity index (χ0n) is 12.1. The Bertz CT molecular complexity index is 762. The number of rotatable bonds is 3. The number of aromatic hydroxyl groups is 1. The zero-order chi connectivity index (χ0) is 15.7. The van der Waals surface area contributed by atoms with E-state index in [1.165, 1.54) is 18.4 Å². The van der Waals surface area contributed by atoms with Crippen molar-refractivity contribution in [2.24, 2.45) is 12.0 Å². The summed E-state index contributed by atoms with van der Waals surface area (Å²) in [5.74, 6) is -0.173. The normalized spacial score (nSPS) is 15.2. The van der Waals surface area contributed by atoms with Crippen LogP contribution in [0.1, 0.15) is 19.4 Å². The first-order chi connectivity index (χ1) is 9.84. The molecule has 3 N–H and O–H groups in total. The number of hydrogen-bond acceptors (Lipinski definition) is 5. The lowest BCUT2D eigenvalue weighted by Gasteiger charge is -2.13. The topological polar surface area (TPSA) is 95.1 Å². The molecule has 0 unspecified atom stereocenters. The molecule has 1 heterocycles. The van der Waals surface area contributed by atoms with Gasteiger partial charge in [0.2, 0.25) is 0 Å². The van der Waals surface area contributed by atoms with Crippen LogP contribution in [0.25, 0.3) is 10.9 Å². The Morgan fingerprint density at radius 3 is 2.52 bits per heavy atom. The minimum atomic E-state index is -1.35. The summed E-state index contributed by atoms with van der Waals surface area (Å²) in [6.07, 6.45) is -2.41. The van der Waals surface area contributed by atoms with Gasteiger partial charge in [-0.25, -0.2) is 0 Å². The first-order valence-electron chi connectivity index (χ1n) is 6.56. The second-order valence-corrected chi connectivity index (χ2v) is 4.97. The summed E-state index contributed by atoms with van der Waals surface area (Å²) in [7, 11) is 1.60. The van der Waals surface area contributed by atoms with Gasteiger partial charge in [-0.05, 0) is 26.0 Å². The minimum Gasteiger partial charge on any atom is -0.506 e. The Kier molecular flexibility index (Phi) is 4.11. The number of hydrogen-bond donors (Lipinski definition) is 3. The average Bonchev–Trinajstić information content (AvgIpc) is 2.45. The number of aromatic nitrogens is 1. The molecule has 1 aromatic carbocycles. The third-order valence-electron chi connectivity index (χ3n) is 3.40. The third-order valence-corrected chi connectivity index (χ3v) is 3.40. The number of nitrogens with zero attached hydrogens (tertiary/aromatic N) is 2. The van der Waals surface area contributed by atoms with Crippen LogP contribution in [-0.2, 0) is 7.05 Å². The lowest BCUT2D eigenvalue weighted by atomic mass is 10.1. The number of aryl methyl sites for hydroxylation is 1. The summed E-state index contributed by atoms with van der Waals surface area (Å²) >= 11 is 0. The fourth-order valence-electron chi connectivity index (χ4n) is 2.18. The molecule has 0 bridgehead atoms. The summed E-state index contributed by atoms with van der Waals surface area (Å²) in [5.41, 5.74) is 0.390. The van der Waals surface area contributed by atoms with Crippen LogP contribution in [0, 0.1) is 0 Å². The van der Waals surface area contributed by atoms with Gasteiger partial charge in [0.05, 0.1) is 17.3 Å². The summed E-state index contributed by atoms with van der Waals surface area (Å²) in [6, 6.07) is 6.97. The quantitative estimate of drug-likeness (QED) is 0.727. The van der Waals surface area contributed by atoms with Crippen molar-refractivity contribution < 1.29 is 15.3 Å². The molecule has 0 amide bonds. The molecule has 112 valence electrons. The largest absolute Gasteiger partial charge is 0.506 e. The SMILES string of the molecule is CC(=N[C@H](O)[C@H](C)O)c1c(O)c2ccccc2n(C)c1=O. The van der Waals surface area contributed by atoms with E-state index in [0.717, 1.165) is 0 Å². The predicted molar refractivity (Wildman–Crippen MR) is 80.8 cm³/mol. The summed E-state index contributed by atoms with van der Waals surface area (Å²) in [5, 5.41) is 29.7. The first kappa shape index (κ1) is 15.2. The molecule has 21 heavy (non-hydrogen) atoms. The highest BCUT2D eigenvalue weighted by atomic mass is 16.3. The van der Waals surface area contributed by atoms with Crippen molar-refractivity contribution >= 4 is 16.6 Å². The number of fused-ring (bicyclic) bond motifs is 1. The molecule has 0 fully saturated rings. The molecule has 1 aromatic heterocycles. The van der Waals surface area contributed by atoms with Crippen molar-refractivity contribution in [3.8, 4) is 5.75 Å². The monoisotopic (exact) mass is 290 g/mol. The smallest absolute Gasteiger partial charge is 0.263 e. The molecular formula is C15H18N2O4. The van der Waals surface area contributed by atoms with Gasteiger partial charge < -0.3 is 19.9 Å². The molecular weight excluding hydrogens is 272 g/mol. The molecule has 0 saturated carbocycles. The molecule has 0 radical (unpaired) electrons. The predicted octanol–water partition coefficient (Wildman–Crippen LogP) is 0.752. The van der Waals surface area contributed by atoms with Gasteiger partial charge in [0, 0.05) is 12.4 Å². The van der Waals surface area contributed by atoms with Crippen LogP contribution in [-0.4, -0.2) is 37.9 Å². The van der Waals surface area contributed by atoms with Crippen molar-refractivity contribution in [3.63, 3.8) is 0 Å². The molecule has 0 saturated heterocycles. The highest BCUT2D eigenvalue weighted by molar-refractivity contribution is 6.05.